The van der Waals surface area contributed by atoms with E-state index in [0.29, 0.717) is 32.1 Å². The van der Waals surface area contributed by atoms with Gasteiger partial charge in [-0.2, -0.15) is 0 Å². The number of amidine groups is 1. The molecule has 0 amide bonds. The highest BCUT2D eigenvalue weighted by Gasteiger charge is 2.08. The third-order valence-corrected chi connectivity index (χ3v) is 3.15. The first-order valence-corrected chi connectivity index (χ1v) is 6.54. The minimum atomic E-state index is -0.0765. The number of ether oxygens (including phenoxy) is 1. The molecule has 0 aromatic heterocycles. The Hall–Kier alpha value is -1.62. The Bertz CT molecular complexity index is 654. The van der Waals surface area contributed by atoms with Crippen LogP contribution in [0.3, 0.4) is 0 Å². The van der Waals surface area contributed by atoms with Crippen LogP contribution in [0.25, 0.3) is 0 Å². The quantitative estimate of drug-likeness (QED) is 0.376. The highest BCUT2D eigenvalue weighted by atomic mass is 35.5. The van der Waals surface area contributed by atoms with Gasteiger partial charge in [0.2, 0.25) is 0 Å². The van der Waals surface area contributed by atoms with Gasteiger partial charge in [-0.3, -0.25) is 0 Å². The number of hydrogen-bond donors (Lipinski definition) is 2. The summed E-state index contributed by atoms with van der Waals surface area (Å²) in [6.07, 6.45) is 0. The monoisotopic (exact) mass is 330 g/mol. The fourth-order valence-corrected chi connectivity index (χ4v) is 2.32. The van der Waals surface area contributed by atoms with Crippen molar-refractivity contribution in [3.8, 4) is 11.5 Å². The molecule has 20 heavy (non-hydrogen) atoms. The molecule has 2 aromatic rings. The van der Waals surface area contributed by atoms with Gasteiger partial charge >= 0.3 is 0 Å². The number of oxime groups is 1. The lowest BCUT2D eigenvalue weighted by molar-refractivity contribution is 0.318. The largest absolute Gasteiger partial charge is 0.457 e. The molecule has 0 saturated carbocycles. The average Bonchev–Trinajstić information content (AvgIpc) is 2.36. The fraction of sp³-hybridized carbons (Fsp3) is 0. The van der Waals surface area contributed by atoms with Gasteiger partial charge in [-0.15, -0.1) is 0 Å². The van der Waals surface area contributed by atoms with E-state index in [-0.39, 0.29) is 5.84 Å². The third kappa shape index (κ3) is 3.48. The fourth-order valence-electron chi connectivity index (χ4n) is 1.54. The van der Waals surface area contributed by atoms with Crippen LogP contribution in [-0.2, 0) is 0 Å². The second-order valence-electron chi connectivity index (χ2n) is 3.83. The van der Waals surface area contributed by atoms with Crippen molar-refractivity contribution in [3.05, 3.63) is 57.0 Å². The zero-order valence-corrected chi connectivity index (χ0v) is 12.2. The van der Waals surface area contributed by atoms with E-state index >= 15 is 0 Å². The number of rotatable bonds is 3. The molecule has 2 rings (SSSR count). The molecule has 0 spiro atoms. The molecule has 0 bridgehead atoms. The van der Waals surface area contributed by atoms with E-state index in [2.05, 4.69) is 5.16 Å². The van der Waals surface area contributed by atoms with E-state index < -0.39 is 0 Å². The predicted octanol–water partition coefficient (Wildman–Crippen LogP) is 4.53. The molecule has 0 radical (unpaired) electrons. The van der Waals surface area contributed by atoms with E-state index in [9.17, 15) is 0 Å². The van der Waals surface area contributed by atoms with E-state index in [1.165, 1.54) is 0 Å². The topological polar surface area (TPSA) is 67.8 Å². The Morgan fingerprint density at radius 2 is 1.65 bits per heavy atom. The SMILES string of the molecule is NC(=NO)c1ccc(Oc2cc(Cl)cc(Cl)c2)cc1Cl. The van der Waals surface area contributed by atoms with Crippen molar-refractivity contribution in [2.75, 3.05) is 0 Å². The third-order valence-electron chi connectivity index (χ3n) is 2.40. The van der Waals surface area contributed by atoms with Gasteiger partial charge in [0, 0.05) is 21.7 Å². The van der Waals surface area contributed by atoms with Crippen LogP contribution in [0.15, 0.2) is 41.6 Å². The lowest BCUT2D eigenvalue weighted by Gasteiger charge is -2.09. The molecular weight excluding hydrogens is 323 g/mol. The Balaban J connectivity index is 2.28. The zero-order valence-electron chi connectivity index (χ0n) is 9.98. The number of hydrogen-bond acceptors (Lipinski definition) is 3. The van der Waals surface area contributed by atoms with Gasteiger partial charge in [0.05, 0.1) is 5.02 Å². The molecule has 104 valence electrons. The summed E-state index contributed by atoms with van der Waals surface area (Å²) in [5.41, 5.74) is 5.89. The van der Waals surface area contributed by atoms with E-state index in [1.54, 1.807) is 36.4 Å². The molecule has 0 saturated heterocycles. The van der Waals surface area contributed by atoms with Gasteiger partial charge in [-0.25, -0.2) is 0 Å². The molecule has 0 unspecified atom stereocenters. The summed E-state index contributed by atoms with van der Waals surface area (Å²) < 4.78 is 5.59. The van der Waals surface area contributed by atoms with Crippen molar-refractivity contribution in [2.24, 2.45) is 10.9 Å². The van der Waals surface area contributed by atoms with Crippen LogP contribution < -0.4 is 10.5 Å². The maximum absolute atomic E-state index is 8.62. The summed E-state index contributed by atoms with van der Waals surface area (Å²) in [5, 5.41) is 12.7. The highest BCUT2D eigenvalue weighted by molar-refractivity contribution is 6.35. The van der Waals surface area contributed by atoms with Crippen LogP contribution in [0.5, 0.6) is 11.5 Å². The first-order chi connectivity index (χ1) is 9.49. The second kappa shape index (κ2) is 6.22. The zero-order chi connectivity index (χ0) is 14.7. The van der Waals surface area contributed by atoms with Gasteiger partial charge in [-0.05, 0) is 30.3 Å². The van der Waals surface area contributed by atoms with E-state index in [1.807, 2.05) is 0 Å². The Morgan fingerprint density at radius 1 is 1.00 bits per heavy atom. The number of halogens is 3. The van der Waals surface area contributed by atoms with Gasteiger partial charge in [-0.1, -0.05) is 40.0 Å². The first kappa shape index (κ1) is 14.8. The maximum Gasteiger partial charge on any atom is 0.171 e. The second-order valence-corrected chi connectivity index (χ2v) is 5.11. The normalized spacial score (nSPS) is 11.4. The summed E-state index contributed by atoms with van der Waals surface area (Å²) in [6, 6.07) is 9.61. The van der Waals surface area contributed by atoms with E-state index in [0.717, 1.165) is 0 Å². The minimum Gasteiger partial charge on any atom is -0.457 e. The first-order valence-electron chi connectivity index (χ1n) is 5.41. The van der Waals surface area contributed by atoms with Gasteiger partial charge in [0.15, 0.2) is 5.84 Å². The predicted molar refractivity (Wildman–Crippen MR) is 80.5 cm³/mol. The maximum atomic E-state index is 8.62. The molecule has 3 N–H and O–H groups in total. The van der Waals surface area contributed by atoms with Crippen molar-refractivity contribution in [3.63, 3.8) is 0 Å². The van der Waals surface area contributed by atoms with Crippen LogP contribution in [0.2, 0.25) is 15.1 Å². The molecule has 7 heteroatoms. The van der Waals surface area contributed by atoms with Crippen LogP contribution in [0.1, 0.15) is 5.56 Å². The van der Waals surface area contributed by atoms with Crippen LogP contribution in [0.4, 0.5) is 0 Å². The summed E-state index contributed by atoms with van der Waals surface area (Å²) >= 11 is 17.8. The average molecular weight is 332 g/mol. The number of nitrogens with zero attached hydrogens (tertiary/aromatic N) is 1. The van der Waals surface area contributed by atoms with E-state index in [4.69, 9.17) is 50.5 Å². The standard InChI is InChI=1S/C13H9Cl3N2O2/c14-7-3-8(15)5-10(4-7)20-9-1-2-11(12(16)6-9)13(17)18-19/h1-6,19H,(H2,17,18). The number of benzene rings is 2. The highest BCUT2D eigenvalue weighted by Crippen LogP contribution is 2.30. The Morgan fingerprint density at radius 3 is 2.20 bits per heavy atom. The van der Waals surface area contributed by atoms with Gasteiger partial charge < -0.3 is 15.7 Å². The molecule has 4 nitrogen and oxygen atoms in total. The lowest BCUT2D eigenvalue weighted by atomic mass is 10.2. The van der Waals surface area contributed by atoms with Crippen molar-refractivity contribution in [1.82, 2.24) is 0 Å². The molecule has 2 aromatic carbocycles. The molecule has 0 atom stereocenters. The van der Waals surface area contributed by atoms with Crippen LogP contribution >= 0.6 is 34.8 Å². The Labute approximate surface area is 130 Å². The molecule has 0 aliphatic carbocycles. The van der Waals surface area contributed by atoms with Crippen molar-refractivity contribution in [1.29, 1.82) is 0 Å². The summed E-state index contributed by atoms with van der Waals surface area (Å²) in [5.74, 6) is 0.880. The van der Waals surface area contributed by atoms with Crippen molar-refractivity contribution >= 4 is 40.6 Å². The Kier molecular flexibility index (Phi) is 4.60. The summed E-state index contributed by atoms with van der Waals surface area (Å²) in [6.45, 7) is 0. The lowest BCUT2D eigenvalue weighted by Crippen LogP contribution is -2.13. The van der Waals surface area contributed by atoms with Gasteiger partial charge in [0.1, 0.15) is 11.5 Å². The smallest absolute Gasteiger partial charge is 0.171 e. The summed E-state index contributed by atoms with van der Waals surface area (Å²) in [7, 11) is 0. The molecule has 0 aliphatic heterocycles. The van der Waals surface area contributed by atoms with Crippen LogP contribution in [0, 0.1) is 0 Å². The molecular formula is C13H9Cl3N2O2. The molecule has 0 heterocycles. The van der Waals surface area contributed by atoms with Crippen molar-refractivity contribution in [2.45, 2.75) is 0 Å². The minimum absolute atomic E-state index is 0.0765. The van der Waals surface area contributed by atoms with Crippen LogP contribution in [-0.4, -0.2) is 11.0 Å². The number of nitrogens with two attached hydrogens (primary N) is 1. The van der Waals surface area contributed by atoms with Crippen molar-refractivity contribution < 1.29 is 9.94 Å². The summed E-state index contributed by atoms with van der Waals surface area (Å²) in [4.78, 5) is 0. The van der Waals surface area contributed by atoms with Gasteiger partial charge in [0.25, 0.3) is 0 Å². The molecule has 0 fully saturated rings. The molecule has 0 aliphatic rings.